The van der Waals surface area contributed by atoms with E-state index in [0.29, 0.717) is 26.4 Å². The number of carbonyl (C=O) groups is 1. The Bertz CT molecular complexity index is 586. The van der Waals surface area contributed by atoms with Crippen LogP contribution in [-0.2, 0) is 11.2 Å². The quantitative estimate of drug-likeness (QED) is 0.901. The zero-order chi connectivity index (χ0) is 13.1. The molecule has 0 fully saturated rings. The average Bonchev–Trinajstić information content (AvgIpc) is 2.69. The summed E-state index contributed by atoms with van der Waals surface area (Å²) in [5.41, 5.74) is 2.74. The number of benzene rings is 1. The van der Waals surface area contributed by atoms with E-state index in [9.17, 15) is 4.79 Å². The molecule has 0 amide bonds. The summed E-state index contributed by atoms with van der Waals surface area (Å²) in [4.78, 5) is 14.7. The van der Waals surface area contributed by atoms with Crippen molar-refractivity contribution in [1.29, 1.82) is 0 Å². The van der Waals surface area contributed by atoms with Crippen LogP contribution in [0.2, 0.25) is 10.0 Å². The molecule has 0 unspecified atom stereocenters. The minimum Gasteiger partial charge on any atom is -0.481 e. The molecule has 2 rings (SSSR count). The molecule has 0 aliphatic heterocycles. The molecule has 1 aromatic heterocycles. The molecule has 0 aliphatic carbocycles. The number of rotatable bonds is 4. The van der Waals surface area contributed by atoms with Gasteiger partial charge in [0.05, 0.1) is 28.3 Å². The zero-order valence-electron chi connectivity index (χ0n) is 8.98. The van der Waals surface area contributed by atoms with Crippen molar-refractivity contribution in [2.24, 2.45) is 0 Å². The number of anilines is 2. The van der Waals surface area contributed by atoms with Gasteiger partial charge in [0.1, 0.15) is 5.00 Å². The summed E-state index contributed by atoms with van der Waals surface area (Å²) in [6.45, 7) is 0. The fourth-order valence-electron chi connectivity index (χ4n) is 1.35. The molecule has 0 aliphatic rings. The van der Waals surface area contributed by atoms with Gasteiger partial charge in [0.15, 0.2) is 0 Å². The van der Waals surface area contributed by atoms with Crippen LogP contribution in [0.4, 0.5) is 10.7 Å². The third-order valence-corrected chi connectivity index (χ3v) is 3.47. The van der Waals surface area contributed by atoms with Crippen molar-refractivity contribution in [2.45, 2.75) is 6.42 Å². The Labute approximate surface area is 117 Å². The lowest BCUT2D eigenvalue weighted by atomic mass is 10.3. The first kappa shape index (κ1) is 13.1. The van der Waals surface area contributed by atoms with Gasteiger partial charge in [-0.3, -0.25) is 4.79 Å². The van der Waals surface area contributed by atoms with Crippen LogP contribution in [0.25, 0.3) is 0 Å². The molecule has 1 heterocycles. The van der Waals surface area contributed by atoms with Gasteiger partial charge in [-0.05, 0) is 18.2 Å². The fourth-order valence-corrected chi connectivity index (χ4v) is 2.52. The molecule has 4 nitrogen and oxygen atoms in total. The Balaban J connectivity index is 2.23. The van der Waals surface area contributed by atoms with Crippen molar-refractivity contribution in [1.82, 2.24) is 4.98 Å². The monoisotopic (exact) mass is 302 g/mol. The van der Waals surface area contributed by atoms with Crippen LogP contribution in [-0.4, -0.2) is 16.1 Å². The van der Waals surface area contributed by atoms with Crippen molar-refractivity contribution in [3.05, 3.63) is 39.4 Å². The number of halogens is 2. The Morgan fingerprint density at radius 2 is 2.22 bits per heavy atom. The SMILES string of the molecule is O=C(O)Cc1ncsc1Nc1ccc(Cl)cc1Cl. The number of nitrogens with one attached hydrogen (secondary N) is 1. The highest BCUT2D eigenvalue weighted by Gasteiger charge is 2.11. The molecular formula is C11H8Cl2N2O2S. The molecule has 2 N–H and O–H groups in total. The van der Waals surface area contributed by atoms with E-state index in [-0.39, 0.29) is 6.42 Å². The highest BCUT2D eigenvalue weighted by atomic mass is 35.5. The van der Waals surface area contributed by atoms with Gasteiger partial charge in [0.25, 0.3) is 0 Å². The summed E-state index contributed by atoms with van der Waals surface area (Å²) >= 11 is 13.1. The normalized spacial score (nSPS) is 10.3. The Morgan fingerprint density at radius 1 is 1.44 bits per heavy atom. The first-order valence-corrected chi connectivity index (χ1v) is 6.56. The van der Waals surface area contributed by atoms with Crippen LogP contribution < -0.4 is 5.32 Å². The maximum atomic E-state index is 10.7. The van der Waals surface area contributed by atoms with Crippen LogP contribution in [0, 0.1) is 0 Å². The predicted octanol–water partition coefficient (Wildman–Crippen LogP) is 3.82. The predicted molar refractivity (Wildman–Crippen MR) is 73.2 cm³/mol. The molecule has 0 spiro atoms. The van der Waals surface area contributed by atoms with Crippen molar-refractivity contribution < 1.29 is 9.90 Å². The Hall–Kier alpha value is -1.30. The van der Waals surface area contributed by atoms with Gasteiger partial charge < -0.3 is 10.4 Å². The van der Waals surface area contributed by atoms with Crippen molar-refractivity contribution in [3.8, 4) is 0 Å². The maximum Gasteiger partial charge on any atom is 0.309 e. The fraction of sp³-hybridized carbons (Fsp3) is 0.0909. The van der Waals surface area contributed by atoms with E-state index in [1.54, 1.807) is 23.7 Å². The standard InChI is InChI=1S/C11H8Cl2N2O2S/c12-6-1-2-8(7(13)3-6)15-11-9(4-10(16)17)14-5-18-11/h1-3,5,15H,4H2,(H,16,17). The minimum atomic E-state index is -0.925. The Morgan fingerprint density at radius 3 is 2.89 bits per heavy atom. The summed E-state index contributed by atoms with van der Waals surface area (Å²) in [6, 6.07) is 5.05. The van der Waals surface area contributed by atoms with Crippen molar-refractivity contribution in [2.75, 3.05) is 5.32 Å². The lowest BCUT2D eigenvalue weighted by Gasteiger charge is -2.07. The van der Waals surface area contributed by atoms with Gasteiger partial charge in [-0.1, -0.05) is 23.2 Å². The van der Waals surface area contributed by atoms with Crippen molar-refractivity contribution >= 4 is 51.2 Å². The summed E-state index contributed by atoms with van der Waals surface area (Å²) in [6.07, 6.45) is -0.128. The number of hydrogen-bond donors (Lipinski definition) is 2. The smallest absolute Gasteiger partial charge is 0.309 e. The molecule has 0 saturated heterocycles. The molecular weight excluding hydrogens is 295 g/mol. The second-order valence-corrected chi connectivity index (χ2v) is 5.15. The Kier molecular flexibility index (Phi) is 4.06. The number of aliphatic carboxylic acids is 1. The molecule has 1 aromatic carbocycles. The number of carboxylic acid groups (broad SMARTS) is 1. The van der Waals surface area contributed by atoms with Crippen LogP contribution in [0.5, 0.6) is 0 Å². The number of aromatic nitrogens is 1. The largest absolute Gasteiger partial charge is 0.481 e. The lowest BCUT2D eigenvalue weighted by Crippen LogP contribution is -2.03. The van der Waals surface area contributed by atoms with Crippen LogP contribution >= 0.6 is 34.5 Å². The molecule has 2 aromatic rings. The van der Waals surface area contributed by atoms with Gasteiger partial charge in [0.2, 0.25) is 0 Å². The molecule has 7 heteroatoms. The van der Waals surface area contributed by atoms with Gasteiger partial charge in [0, 0.05) is 5.02 Å². The highest BCUT2D eigenvalue weighted by Crippen LogP contribution is 2.31. The molecule has 0 radical (unpaired) electrons. The van der Waals surface area contributed by atoms with Gasteiger partial charge in [-0.25, -0.2) is 4.98 Å². The number of hydrogen-bond acceptors (Lipinski definition) is 4. The van der Waals surface area contributed by atoms with E-state index in [0.717, 1.165) is 0 Å². The van der Waals surface area contributed by atoms with Gasteiger partial charge in [-0.15, -0.1) is 11.3 Å². The zero-order valence-corrected chi connectivity index (χ0v) is 11.3. The maximum absolute atomic E-state index is 10.7. The number of thiazole rings is 1. The minimum absolute atomic E-state index is 0.128. The number of carboxylic acids is 1. The lowest BCUT2D eigenvalue weighted by molar-refractivity contribution is -0.136. The van der Waals surface area contributed by atoms with E-state index in [2.05, 4.69) is 10.3 Å². The summed E-state index contributed by atoms with van der Waals surface area (Å²) in [5.74, 6) is -0.925. The second-order valence-electron chi connectivity index (χ2n) is 3.45. The molecule has 0 atom stereocenters. The third kappa shape index (κ3) is 3.13. The van der Waals surface area contributed by atoms with E-state index in [4.69, 9.17) is 28.3 Å². The molecule has 94 valence electrons. The number of nitrogens with zero attached hydrogens (tertiary/aromatic N) is 1. The first-order valence-electron chi connectivity index (χ1n) is 4.92. The highest BCUT2D eigenvalue weighted by molar-refractivity contribution is 7.14. The summed E-state index contributed by atoms with van der Waals surface area (Å²) in [7, 11) is 0. The van der Waals surface area contributed by atoms with Crippen LogP contribution in [0.15, 0.2) is 23.7 Å². The topological polar surface area (TPSA) is 62.2 Å². The van der Waals surface area contributed by atoms with Crippen LogP contribution in [0.3, 0.4) is 0 Å². The van der Waals surface area contributed by atoms with E-state index >= 15 is 0 Å². The molecule has 0 saturated carbocycles. The van der Waals surface area contributed by atoms with Crippen molar-refractivity contribution in [3.63, 3.8) is 0 Å². The van der Waals surface area contributed by atoms with E-state index < -0.39 is 5.97 Å². The third-order valence-electron chi connectivity index (χ3n) is 2.14. The summed E-state index contributed by atoms with van der Waals surface area (Å²) in [5, 5.41) is 13.5. The second kappa shape index (κ2) is 5.56. The first-order chi connectivity index (χ1) is 8.56. The van der Waals surface area contributed by atoms with Gasteiger partial charge >= 0.3 is 5.97 Å². The van der Waals surface area contributed by atoms with Crippen LogP contribution in [0.1, 0.15) is 5.69 Å². The van der Waals surface area contributed by atoms with Gasteiger partial charge in [-0.2, -0.15) is 0 Å². The molecule has 0 bridgehead atoms. The molecule has 18 heavy (non-hydrogen) atoms. The van der Waals surface area contributed by atoms with E-state index in [1.807, 2.05) is 0 Å². The summed E-state index contributed by atoms with van der Waals surface area (Å²) < 4.78 is 0. The van der Waals surface area contributed by atoms with E-state index in [1.165, 1.54) is 11.3 Å². The average molecular weight is 303 g/mol.